The summed E-state index contributed by atoms with van der Waals surface area (Å²) in [7, 11) is 0. The molecule has 1 aliphatic carbocycles. The largest absolute Gasteiger partial charge is 0.371 e. The Labute approximate surface area is 168 Å². The molecule has 0 aromatic heterocycles. The molecule has 1 aromatic carbocycles. The van der Waals surface area contributed by atoms with Gasteiger partial charge in [-0.05, 0) is 43.4 Å². The first-order valence-electron chi connectivity index (χ1n) is 10.0. The second-order valence-electron chi connectivity index (χ2n) is 7.77. The van der Waals surface area contributed by atoms with E-state index in [2.05, 4.69) is 10.2 Å². The number of piperidine rings is 1. The topological polar surface area (TPSA) is 81.7 Å². The maximum absolute atomic E-state index is 13.3. The van der Waals surface area contributed by atoms with E-state index in [1.807, 2.05) is 24.3 Å². The highest BCUT2D eigenvalue weighted by Crippen LogP contribution is 2.36. The molecule has 8 heteroatoms. The van der Waals surface area contributed by atoms with E-state index >= 15 is 0 Å². The Hall–Kier alpha value is -2.48. The molecule has 1 saturated carbocycles. The fraction of sp³-hybridized carbons (Fsp3) is 0.524. The summed E-state index contributed by atoms with van der Waals surface area (Å²) in [5, 5.41) is 11.7. The Bertz CT molecular complexity index is 751. The number of hydroxylamine groups is 1. The highest BCUT2D eigenvalue weighted by Gasteiger charge is 2.37. The molecule has 0 spiro atoms. The second-order valence-corrected chi connectivity index (χ2v) is 7.77. The van der Waals surface area contributed by atoms with Crippen LogP contribution < -0.4 is 15.7 Å². The number of alkyl halides is 2. The van der Waals surface area contributed by atoms with E-state index < -0.39 is 11.8 Å². The maximum Gasteiger partial charge on any atom is 0.267 e. The van der Waals surface area contributed by atoms with Crippen molar-refractivity contribution < 1.29 is 23.6 Å². The lowest BCUT2D eigenvalue weighted by Gasteiger charge is -2.36. The zero-order valence-corrected chi connectivity index (χ0v) is 16.2. The van der Waals surface area contributed by atoms with E-state index in [0.717, 1.165) is 37.2 Å². The minimum absolute atomic E-state index is 0.0454. The molecule has 0 unspecified atom stereocenters. The molecule has 2 aliphatic rings. The molecule has 0 radical (unpaired) electrons. The second kappa shape index (κ2) is 9.35. The quantitative estimate of drug-likeness (QED) is 0.398. The molecular weight excluding hydrogens is 380 g/mol. The van der Waals surface area contributed by atoms with Gasteiger partial charge >= 0.3 is 0 Å². The lowest BCUT2D eigenvalue weighted by molar-refractivity contribution is -0.130. The van der Waals surface area contributed by atoms with Gasteiger partial charge < -0.3 is 10.2 Å². The fourth-order valence-electron chi connectivity index (χ4n) is 4.01. The van der Waals surface area contributed by atoms with Crippen LogP contribution >= 0.6 is 0 Å². The van der Waals surface area contributed by atoms with Gasteiger partial charge in [-0.25, -0.2) is 14.3 Å². The molecule has 0 atom stereocenters. The summed E-state index contributed by atoms with van der Waals surface area (Å²) in [6.07, 6.45) is 4.53. The van der Waals surface area contributed by atoms with Crippen molar-refractivity contribution in [3.8, 4) is 0 Å². The van der Waals surface area contributed by atoms with Crippen LogP contribution in [0.25, 0.3) is 6.08 Å². The Balaban J connectivity index is 1.53. The number of para-hydroxylation sites is 1. The number of nitrogens with zero attached hydrogens (tertiary/aromatic N) is 1. The molecule has 1 saturated heterocycles. The van der Waals surface area contributed by atoms with Gasteiger partial charge in [0.1, 0.15) is 0 Å². The number of halogens is 2. The number of hydrogen-bond acceptors (Lipinski definition) is 4. The molecule has 2 amide bonds. The summed E-state index contributed by atoms with van der Waals surface area (Å²) in [4.78, 5) is 25.9. The summed E-state index contributed by atoms with van der Waals surface area (Å²) < 4.78 is 26.6. The first-order chi connectivity index (χ1) is 13.9. The predicted molar refractivity (Wildman–Crippen MR) is 106 cm³/mol. The van der Waals surface area contributed by atoms with Gasteiger partial charge in [0.15, 0.2) is 0 Å². The average Bonchev–Trinajstić information content (AvgIpc) is 2.72. The van der Waals surface area contributed by atoms with Gasteiger partial charge in [-0.15, -0.1) is 0 Å². The first kappa shape index (κ1) is 21.2. The Morgan fingerprint density at radius 1 is 1.10 bits per heavy atom. The third-order valence-corrected chi connectivity index (χ3v) is 5.73. The van der Waals surface area contributed by atoms with E-state index in [1.54, 1.807) is 11.6 Å². The summed E-state index contributed by atoms with van der Waals surface area (Å²) in [6, 6.07) is 7.71. The van der Waals surface area contributed by atoms with Crippen LogP contribution in [0.1, 0.15) is 44.1 Å². The molecule has 1 aliphatic heterocycles. The van der Waals surface area contributed by atoms with Gasteiger partial charge in [-0.2, -0.15) is 0 Å². The zero-order valence-electron chi connectivity index (χ0n) is 16.2. The first-order valence-corrected chi connectivity index (χ1v) is 10.0. The van der Waals surface area contributed by atoms with E-state index in [1.165, 1.54) is 6.08 Å². The van der Waals surface area contributed by atoms with E-state index in [4.69, 9.17) is 5.21 Å². The normalized spacial score (nSPS) is 20.6. The van der Waals surface area contributed by atoms with Crippen molar-refractivity contribution in [2.75, 3.05) is 18.0 Å². The molecule has 1 aromatic rings. The monoisotopic (exact) mass is 407 g/mol. The van der Waals surface area contributed by atoms with Crippen LogP contribution in [0.5, 0.6) is 0 Å². The highest BCUT2D eigenvalue weighted by molar-refractivity contribution is 5.91. The van der Waals surface area contributed by atoms with Crippen LogP contribution in [-0.2, 0) is 9.59 Å². The van der Waals surface area contributed by atoms with E-state index in [0.29, 0.717) is 0 Å². The van der Waals surface area contributed by atoms with Gasteiger partial charge in [0.25, 0.3) is 5.91 Å². The van der Waals surface area contributed by atoms with E-state index in [9.17, 15) is 18.4 Å². The van der Waals surface area contributed by atoms with Crippen molar-refractivity contribution >= 4 is 23.6 Å². The third-order valence-electron chi connectivity index (χ3n) is 5.73. The molecule has 3 rings (SSSR count). The van der Waals surface area contributed by atoms with Crippen molar-refractivity contribution in [3.63, 3.8) is 0 Å². The summed E-state index contributed by atoms with van der Waals surface area (Å²) in [5.74, 6) is -3.63. The van der Waals surface area contributed by atoms with Gasteiger partial charge in [-0.3, -0.25) is 14.8 Å². The summed E-state index contributed by atoms with van der Waals surface area (Å²) >= 11 is 0. The standard InChI is InChI=1S/C21H27F2N3O3/c22-21(23)11-7-16(8-12-21)20(28)24-17-9-13-26(14-10-17)18-4-2-1-3-15(18)5-6-19(27)25-29/h1-6,16-17,29H,7-14H2,(H,24,28)(H,25,27)/b6-5+. The number of anilines is 1. The van der Waals surface area contributed by atoms with Crippen LogP contribution in [-0.4, -0.2) is 42.1 Å². The van der Waals surface area contributed by atoms with Crippen molar-refractivity contribution in [1.29, 1.82) is 0 Å². The van der Waals surface area contributed by atoms with Crippen molar-refractivity contribution in [2.24, 2.45) is 5.92 Å². The van der Waals surface area contributed by atoms with Crippen molar-refractivity contribution in [1.82, 2.24) is 10.8 Å². The fourth-order valence-corrected chi connectivity index (χ4v) is 4.01. The number of carbonyl (C=O) groups excluding carboxylic acids is 2. The Kier molecular flexibility index (Phi) is 6.84. The Morgan fingerprint density at radius 2 is 1.76 bits per heavy atom. The minimum atomic E-state index is -2.62. The van der Waals surface area contributed by atoms with Crippen LogP contribution in [0, 0.1) is 5.92 Å². The van der Waals surface area contributed by atoms with Crippen molar-refractivity contribution in [3.05, 3.63) is 35.9 Å². The van der Waals surface area contributed by atoms with E-state index in [-0.39, 0.29) is 43.6 Å². The number of nitrogens with one attached hydrogen (secondary N) is 2. The van der Waals surface area contributed by atoms with Crippen LogP contribution in [0.4, 0.5) is 14.5 Å². The molecule has 29 heavy (non-hydrogen) atoms. The highest BCUT2D eigenvalue weighted by atomic mass is 19.3. The lowest BCUT2D eigenvalue weighted by atomic mass is 9.86. The number of rotatable bonds is 5. The van der Waals surface area contributed by atoms with Crippen LogP contribution in [0.15, 0.2) is 30.3 Å². The predicted octanol–water partition coefficient (Wildman–Crippen LogP) is 3.12. The number of benzene rings is 1. The minimum Gasteiger partial charge on any atom is -0.371 e. The molecule has 2 fully saturated rings. The molecule has 1 heterocycles. The lowest BCUT2D eigenvalue weighted by Crippen LogP contribution is -2.47. The van der Waals surface area contributed by atoms with Gasteiger partial charge in [0.2, 0.25) is 11.8 Å². The molecule has 0 bridgehead atoms. The number of carbonyl (C=O) groups is 2. The van der Waals surface area contributed by atoms with Crippen LogP contribution in [0.2, 0.25) is 0 Å². The smallest absolute Gasteiger partial charge is 0.267 e. The third kappa shape index (κ3) is 5.76. The van der Waals surface area contributed by atoms with Crippen LogP contribution in [0.3, 0.4) is 0 Å². The number of amides is 2. The maximum atomic E-state index is 13.3. The molecular formula is C21H27F2N3O3. The van der Waals surface area contributed by atoms with Gasteiger partial charge in [-0.1, -0.05) is 18.2 Å². The average molecular weight is 407 g/mol. The van der Waals surface area contributed by atoms with Gasteiger partial charge in [0, 0.05) is 49.7 Å². The Morgan fingerprint density at radius 3 is 2.41 bits per heavy atom. The molecule has 3 N–H and O–H groups in total. The summed E-state index contributed by atoms with van der Waals surface area (Å²) in [6.45, 7) is 1.48. The zero-order chi connectivity index (χ0) is 20.9. The SMILES string of the molecule is O=C(/C=C/c1ccccc1N1CCC(NC(=O)C2CCC(F)(F)CC2)CC1)NO. The summed E-state index contributed by atoms with van der Waals surface area (Å²) in [5.41, 5.74) is 3.41. The number of hydrogen-bond donors (Lipinski definition) is 3. The molecule has 158 valence electrons. The molecule has 6 nitrogen and oxygen atoms in total. The van der Waals surface area contributed by atoms with Gasteiger partial charge in [0.05, 0.1) is 0 Å². The van der Waals surface area contributed by atoms with Crippen molar-refractivity contribution in [2.45, 2.75) is 50.5 Å².